The molecule has 0 aromatic heterocycles. The summed E-state index contributed by atoms with van der Waals surface area (Å²) in [5, 5.41) is 0. The molecule has 0 fully saturated rings. The number of hydrogen-bond donors (Lipinski definition) is 0. The number of fused-ring (bicyclic) bond motifs is 1. The maximum Gasteiger partial charge on any atom is 0.194 e. The van der Waals surface area contributed by atoms with Crippen LogP contribution in [-0.2, 0) is 25.7 Å². The predicted octanol–water partition coefficient (Wildman–Crippen LogP) is 5.93. The average Bonchev–Trinajstić information content (AvgIpc) is 2.59. The van der Waals surface area contributed by atoms with Crippen LogP contribution in [0.1, 0.15) is 48.4 Å². The second-order valence-electron chi connectivity index (χ2n) is 6.95. The van der Waals surface area contributed by atoms with E-state index in [1.54, 1.807) is 6.07 Å². The third-order valence-corrected chi connectivity index (χ3v) is 5.15. The van der Waals surface area contributed by atoms with Gasteiger partial charge < -0.3 is 0 Å². The Labute approximate surface area is 145 Å². The van der Waals surface area contributed by atoms with Crippen molar-refractivity contribution in [2.24, 2.45) is 5.92 Å². The lowest BCUT2D eigenvalue weighted by molar-refractivity contribution is 0.392. The van der Waals surface area contributed by atoms with Gasteiger partial charge in [0.2, 0.25) is 0 Å². The second kappa shape index (κ2) is 7.59. The lowest BCUT2D eigenvalue weighted by Gasteiger charge is -2.25. The highest BCUT2D eigenvalue weighted by Crippen LogP contribution is 2.32. The van der Waals surface area contributed by atoms with E-state index in [2.05, 4.69) is 6.92 Å². The maximum atomic E-state index is 14.2. The van der Waals surface area contributed by atoms with Gasteiger partial charge in [0.1, 0.15) is 5.82 Å². The van der Waals surface area contributed by atoms with E-state index in [1.807, 2.05) is 12.1 Å². The summed E-state index contributed by atoms with van der Waals surface area (Å²) in [6.07, 6.45) is 4.83. The fraction of sp³-hybridized carbons (Fsp3) is 0.429. The van der Waals surface area contributed by atoms with Gasteiger partial charge in [-0.1, -0.05) is 25.5 Å². The summed E-state index contributed by atoms with van der Waals surface area (Å²) in [6.45, 7) is 2.06. The highest BCUT2D eigenvalue weighted by molar-refractivity contribution is 5.33. The SMILES string of the molecule is CCCc1ccc(CCC2CCc3c(cc(F)c(F)c3F)C2)c(F)c1. The summed E-state index contributed by atoms with van der Waals surface area (Å²) in [7, 11) is 0. The average molecular weight is 350 g/mol. The Hall–Kier alpha value is -1.84. The van der Waals surface area contributed by atoms with Crippen molar-refractivity contribution < 1.29 is 17.6 Å². The highest BCUT2D eigenvalue weighted by atomic mass is 19.2. The van der Waals surface area contributed by atoms with Crippen LogP contribution in [0.5, 0.6) is 0 Å². The van der Waals surface area contributed by atoms with E-state index >= 15 is 0 Å². The summed E-state index contributed by atoms with van der Waals surface area (Å²) >= 11 is 0. The van der Waals surface area contributed by atoms with Crippen LogP contribution in [-0.4, -0.2) is 0 Å². The quantitative estimate of drug-likeness (QED) is 0.463. The zero-order valence-electron chi connectivity index (χ0n) is 14.3. The number of aryl methyl sites for hydroxylation is 2. The van der Waals surface area contributed by atoms with Gasteiger partial charge in [-0.05, 0) is 78.8 Å². The third kappa shape index (κ3) is 3.88. The molecule has 0 saturated carbocycles. The monoisotopic (exact) mass is 350 g/mol. The number of hydrogen-bond acceptors (Lipinski definition) is 0. The zero-order chi connectivity index (χ0) is 18.0. The minimum atomic E-state index is -1.38. The van der Waals surface area contributed by atoms with E-state index in [0.717, 1.165) is 30.9 Å². The Balaban J connectivity index is 1.66. The molecule has 2 aromatic carbocycles. The first-order chi connectivity index (χ1) is 12.0. The Morgan fingerprint density at radius 2 is 1.76 bits per heavy atom. The molecule has 0 heterocycles. The maximum absolute atomic E-state index is 14.2. The van der Waals surface area contributed by atoms with Crippen molar-refractivity contribution in [3.8, 4) is 0 Å². The molecule has 1 atom stereocenters. The molecule has 0 saturated heterocycles. The lowest BCUT2D eigenvalue weighted by atomic mass is 9.80. The number of halogens is 4. The lowest BCUT2D eigenvalue weighted by Crippen LogP contribution is -2.18. The fourth-order valence-electron chi connectivity index (χ4n) is 3.74. The van der Waals surface area contributed by atoms with Crippen molar-refractivity contribution in [3.63, 3.8) is 0 Å². The molecular formula is C21H22F4. The van der Waals surface area contributed by atoms with Gasteiger partial charge in [0.05, 0.1) is 0 Å². The van der Waals surface area contributed by atoms with Crippen molar-refractivity contribution >= 4 is 0 Å². The van der Waals surface area contributed by atoms with Gasteiger partial charge in [-0.25, -0.2) is 17.6 Å². The molecule has 4 heteroatoms. The van der Waals surface area contributed by atoms with Crippen molar-refractivity contribution in [1.82, 2.24) is 0 Å². The first kappa shape index (κ1) is 18.0. The zero-order valence-corrected chi connectivity index (χ0v) is 14.3. The standard InChI is InChI=1S/C21H22F4/c1-2-3-13-4-7-15(18(22)11-13)8-5-14-6-9-17-16(10-14)12-19(23)21(25)20(17)24/h4,7,11-12,14H,2-3,5-6,8-10H2,1H3. The van der Waals surface area contributed by atoms with Crippen molar-refractivity contribution in [1.29, 1.82) is 0 Å². The molecule has 0 bridgehead atoms. The molecule has 0 amide bonds. The van der Waals surface area contributed by atoms with Crippen LogP contribution in [0.4, 0.5) is 17.6 Å². The molecule has 3 rings (SSSR count). The normalized spacial score (nSPS) is 16.8. The van der Waals surface area contributed by atoms with Crippen LogP contribution in [0.25, 0.3) is 0 Å². The summed E-state index contributed by atoms with van der Waals surface area (Å²) in [4.78, 5) is 0. The van der Waals surface area contributed by atoms with Crippen LogP contribution >= 0.6 is 0 Å². The minimum Gasteiger partial charge on any atom is -0.207 e. The van der Waals surface area contributed by atoms with Gasteiger partial charge >= 0.3 is 0 Å². The van der Waals surface area contributed by atoms with Crippen molar-refractivity contribution in [3.05, 3.63) is 69.8 Å². The molecule has 2 aromatic rings. The van der Waals surface area contributed by atoms with E-state index in [1.165, 1.54) is 0 Å². The van der Waals surface area contributed by atoms with Crippen LogP contribution in [0.3, 0.4) is 0 Å². The highest BCUT2D eigenvalue weighted by Gasteiger charge is 2.25. The first-order valence-electron chi connectivity index (χ1n) is 8.92. The molecular weight excluding hydrogens is 328 g/mol. The molecule has 1 aliphatic rings. The smallest absolute Gasteiger partial charge is 0.194 e. The molecule has 0 nitrogen and oxygen atoms in total. The summed E-state index contributed by atoms with van der Waals surface area (Å²) < 4.78 is 54.7. The van der Waals surface area contributed by atoms with Gasteiger partial charge in [-0.2, -0.15) is 0 Å². The van der Waals surface area contributed by atoms with Crippen molar-refractivity contribution in [2.45, 2.75) is 51.9 Å². The topological polar surface area (TPSA) is 0 Å². The summed E-state index contributed by atoms with van der Waals surface area (Å²) in [5.74, 6) is -3.51. The molecule has 0 radical (unpaired) electrons. The molecule has 1 unspecified atom stereocenters. The Kier molecular flexibility index (Phi) is 5.45. The predicted molar refractivity (Wildman–Crippen MR) is 90.5 cm³/mol. The molecule has 0 spiro atoms. The van der Waals surface area contributed by atoms with Crippen molar-refractivity contribution in [2.75, 3.05) is 0 Å². The number of rotatable bonds is 5. The van der Waals surface area contributed by atoms with Crippen LogP contribution in [0, 0.1) is 29.2 Å². The van der Waals surface area contributed by atoms with E-state index < -0.39 is 17.5 Å². The molecule has 0 aliphatic heterocycles. The summed E-state index contributed by atoms with van der Waals surface area (Å²) in [5.41, 5.74) is 2.53. The van der Waals surface area contributed by atoms with Gasteiger partial charge in [0, 0.05) is 0 Å². The fourth-order valence-corrected chi connectivity index (χ4v) is 3.74. The Bertz CT molecular complexity index is 767. The van der Waals surface area contributed by atoms with E-state index in [4.69, 9.17) is 0 Å². The molecule has 134 valence electrons. The molecule has 25 heavy (non-hydrogen) atoms. The van der Waals surface area contributed by atoms with E-state index in [-0.39, 0.29) is 11.7 Å². The first-order valence-corrected chi connectivity index (χ1v) is 8.92. The Morgan fingerprint density at radius 3 is 2.48 bits per heavy atom. The summed E-state index contributed by atoms with van der Waals surface area (Å²) in [6, 6.07) is 6.51. The Morgan fingerprint density at radius 1 is 0.960 bits per heavy atom. The largest absolute Gasteiger partial charge is 0.207 e. The molecule has 0 N–H and O–H groups in total. The van der Waals surface area contributed by atoms with Gasteiger partial charge in [0.25, 0.3) is 0 Å². The molecule has 1 aliphatic carbocycles. The third-order valence-electron chi connectivity index (χ3n) is 5.15. The van der Waals surface area contributed by atoms with Crippen LogP contribution < -0.4 is 0 Å². The second-order valence-corrected chi connectivity index (χ2v) is 6.95. The van der Waals surface area contributed by atoms with Crippen LogP contribution in [0.15, 0.2) is 24.3 Å². The van der Waals surface area contributed by atoms with E-state index in [0.29, 0.717) is 42.4 Å². The van der Waals surface area contributed by atoms with Gasteiger partial charge in [-0.3, -0.25) is 0 Å². The number of benzene rings is 2. The minimum absolute atomic E-state index is 0.179. The van der Waals surface area contributed by atoms with Crippen LogP contribution in [0.2, 0.25) is 0 Å². The van der Waals surface area contributed by atoms with E-state index in [9.17, 15) is 17.6 Å². The van der Waals surface area contributed by atoms with Gasteiger partial charge in [0.15, 0.2) is 17.5 Å². The van der Waals surface area contributed by atoms with Gasteiger partial charge in [-0.15, -0.1) is 0 Å².